The Labute approximate surface area is 92.0 Å². The van der Waals surface area contributed by atoms with Crippen LogP contribution in [-0.2, 0) is 4.74 Å². The Kier molecular flexibility index (Phi) is 2.27. The summed E-state index contributed by atoms with van der Waals surface area (Å²) in [6.45, 7) is 2.37. The Hall–Kier alpha value is -1.59. The SMILES string of the molecule is O=c1cccc2[nH]c(C3CNCCO3)cn12. The molecule has 1 atom stereocenters. The van der Waals surface area contributed by atoms with Gasteiger partial charge in [0.2, 0.25) is 0 Å². The minimum absolute atomic E-state index is 0.00745. The summed E-state index contributed by atoms with van der Waals surface area (Å²) in [5.74, 6) is 0. The number of fused-ring (bicyclic) bond motifs is 1. The first-order chi connectivity index (χ1) is 7.84. The Bertz CT molecular complexity index is 552. The van der Waals surface area contributed by atoms with E-state index >= 15 is 0 Å². The molecule has 1 aliphatic heterocycles. The summed E-state index contributed by atoms with van der Waals surface area (Å²) in [6, 6.07) is 5.17. The van der Waals surface area contributed by atoms with Crippen LogP contribution in [0.3, 0.4) is 0 Å². The first kappa shape index (κ1) is 9.62. The van der Waals surface area contributed by atoms with E-state index in [1.165, 1.54) is 0 Å². The molecule has 0 spiro atoms. The summed E-state index contributed by atoms with van der Waals surface area (Å²) in [6.07, 6.45) is 1.82. The molecule has 2 N–H and O–H groups in total. The molecule has 0 aromatic carbocycles. The summed E-state index contributed by atoms with van der Waals surface area (Å²) in [5, 5.41) is 3.26. The minimum Gasteiger partial charge on any atom is -0.369 e. The maximum absolute atomic E-state index is 11.6. The Morgan fingerprint density at radius 3 is 3.12 bits per heavy atom. The highest BCUT2D eigenvalue weighted by atomic mass is 16.5. The zero-order chi connectivity index (χ0) is 11.0. The molecule has 5 heteroatoms. The third-order valence-corrected chi connectivity index (χ3v) is 2.80. The second kappa shape index (κ2) is 3.77. The van der Waals surface area contributed by atoms with E-state index in [1.807, 2.05) is 12.3 Å². The van der Waals surface area contributed by atoms with Crippen molar-refractivity contribution in [1.82, 2.24) is 14.7 Å². The summed E-state index contributed by atoms with van der Waals surface area (Å²) in [4.78, 5) is 14.8. The second-order valence-electron chi connectivity index (χ2n) is 3.89. The van der Waals surface area contributed by atoms with E-state index in [9.17, 15) is 4.79 Å². The van der Waals surface area contributed by atoms with Crippen LogP contribution >= 0.6 is 0 Å². The number of morpholine rings is 1. The molecule has 2 aromatic heterocycles. The molecule has 5 nitrogen and oxygen atoms in total. The van der Waals surface area contributed by atoms with Crippen LogP contribution in [0.15, 0.2) is 29.2 Å². The predicted octanol–water partition coefficient (Wildman–Crippen LogP) is 0.288. The molecule has 84 valence electrons. The van der Waals surface area contributed by atoms with Gasteiger partial charge in [-0.25, -0.2) is 0 Å². The van der Waals surface area contributed by atoms with Crippen LogP contribution in [0, 0.1) is 0 Å². The lowest BCUT2D eigenvalue weighted by atomic mass is 10.2. The summed E-state index contributed by atoms with van der Waals surface area (Å²) < 4.78 is 7.23. The normalized spacial score (nSPS) is 21.4. The van der Waals surface area contributed by atoms with Gasteiger partial charge in [-0.15, -0.1) is 0 Å². The maximum atomic E-state index is 11.6. The Morgan fingerprint density at radius 2 is 2.38 bits per heavy atom. The van der Waals surface area contributed by atoms with E-state index in [4.69, 9.17) is 4.74 Å². The molecular weight excluding hydrogens is 206 g/mol. The maximum Gasteiger partial charge on any atom is 0.256 e. The zero-order valence-electron chi connectivity index (χ0n) is 8.77. The van der Waals surface area contributed by atoms with Gasteiger partial charge in [-0.1, -0.05) is 6.07 Å². The number of ether oxygens (including phenoxy) is 1. The number of nitrogens with one attached hydrogen (secondary N) is 2. The van der Waals surface area contributed by atoms with E-state index < -0.39 is 0 Å². The molecule has 0 amide bonds. The molecule has 3 heterocycles. The molecular formula is C11H13N3O2. The lowest BCUT2D eigenvalue weighted by molar-refractivity contribution is 0.0253. The van der Waals surface area contributed by atoms with Gasteiger partial charge >= 0.3 is 0 Å². The van der Waals surface area contributed by atoms with Crippen molar-refractivity contribution in [2.45, 2.75) is 6.10 Å². The first-order valence-electron chi connectivity index (χ1n) is 5.37. The molecule has 0 saturated carbocycles. The largest absolute Gasteiger partial charge is 0.369 e. The van der Waals surface area contributed by atoms with Crippen molar-refractivity contribution in [3.8, 4) is 0 Å². The fraction of sp³-hybridized carbons (Fsp3) is 0.364. The molecule has 0 radical (unpaired) electrons. The number of nitrogens with zero attached hydrogens (tertiary/aromatic N) is 1. The van der Waals surface area contributed by atoms with E-state index in [0.717, 1.165) is 24.4 Å². The summed E-state index contributed by atoms with van der Waals surface area (Å²) in [7, 11) is 0. The average Bonchev–Trinajstić information content (AvgIpc) is 2.76. The van der Waals surface area contributed by atoms with Crippen molar-refractivity contribution < 1.29 is 4.74 Å². The minimum atomic E-state index is -0.0243. The van der Waals surface area contributed by atoms with E-state index in [-0.39, 0.29) is 11.7 Å². The van der Waals surface area contributed by atoms with Crippen LogP contribution in [0.2, 0.25) is 0 Å². The van der Waals surface area contributed by atoms with Crippen molar-refractivity contribution in [3.05, 3.63) is 40.4 Å². The number of pyridine rings is 1. The third kappa shape index (κ3) is 1.54. The molecule has 1 aliphatic rings. The third-order valence-electron chi connectivity index (χ3n) is 2.80. The molecule has 1 unspecified atom stereocenters. The number of imidazole rings is 1. The van der Waals surface area contributed by atoms with Crippen molar-refractivity contribution in [2.75, 3.05) is 19.7 Å². The summed E-state index contributed by atoms with van der Waals surface area (Å²) in [5.41, 5.74) is 1.72. The number of H-pyrrole nitrogens is 1. The van der Waals surface area contributed by atoms with Gasteiger partial charge in [-0.2, -0.15) is 0 Å². The fourth-order valence-electron chi connectivity index (χ4n) is 1.98. The molecule has 16 heavy (non-hydrogen) atoms. The van der Waals surface area contributed by atoms with Gasteiger partial charge in [0, 0.05) is 25.4 Å². The highest BCUT2D eigenvalue weighted by molar-refractivity contribution is 5.39. The van der Waals surface area contributed by atoms with Gasteiger partial charge in [0.15, 0.2) is 0 Å². The number of rotatable bonds is 1. The monoisotopic (exact) mass is 219 g/mol. The lowest BCUT2D eigenvalue weighted by Gasteiger charge is -2.22. The van der Waals surface area contributed by atoms with Gasteiger partial charge in [-0.3, -0.25) is 9.20 Å². The quantitative estimate of drug-likeness (QED) is 0.724. The van der Waals surface area contributed by atoms with Crippen LogP contribution in [0.5, 0.6) is 0 Å². The zero-order valence-corrected chi connectivity index (χ0v) is 8.77. The highest BCUT2D eigenvalue weighted by Gasteiger charge is 2.17. The summed E-state index contributed by atoms with van der Waals surface area (Å²) >= 11 is 0. The van der Waals surface area contributed by atoms with Crippen molar-refractivity contribution in [1.29, 1.82) is 0 Å². The van der Waals surface area contributed by atoms with E-state index in [1.54, 1.807) is 16.5 Å². The van der Waals surface area contributed by atoms with Gasteiger partial charge in [0.1, 0.15) is 11.8 Å². The molecule has 1 fully saturated rings. The van der Waals surface area contributed by atoms with Gasteiger partial charge in [-0.05, 0) is 6.07 Å². The van der Waals surface area contributed by atoms with E-state index in [2.05, 4.69) is 10.3 Å². The topological polar surface area (TPSA) is 58.5 Å². The number of aromatic amines is 1. The standard InChI is InChI=1S/C11H13N3O2/c15-11-3-1-2-10-13-8(7-14(10)11)9-6-12-4-5-16-9/h1-3,7,9,12-13H,4-6H2. The van der Waals surface area contributed by atoms with Crippen molar-refractivity contribution >= 4 is 5.65 Å². The molecule has 0 aliphatic carbocycles. The van der Waals surface area contributed by atoms with Gasteiger partial charge in [0.05, 0.1) is 12.3 Å². The highest BCUT2D eigenvalue weighted by Crippen LogP contribution is 2.17. The Balaban J connectivity index is 2.04. The molecule has 0 bridgehead atoms. The number of hydrogen-bond acceptors (Lipinski definition) is 3. The van der Waals surface area contributed by atoms with Crippen LogP contribution < -0.4 is 10.9 Å². The van der Waals surface area contributed by atoms with Crippen LogP contribution in [0.4, 0.5) is 0 Å². The predicted molar refractivity (Wildman–Crippen MR) is 59.6 cm³/mol. The fourth-order valence-corrected chi connectivity index (χ4v) is 1.98. The number of aromatic nitrogens is 2. The lowest BCUT2D eigenvalue weighted by Crippen LogP contribution is -2.33. The van der Waals surface area contributed by atoms with Crippen LogP contribution in [-0.4, -0.2) is 29.1 Å². The van der Waals surface area contributed by atoms with Crippen LogP contribution in [0.1, 0.15) is 11.8 Å². The smallest absolute Gasteiger partial charge is 0.256 e. The van der Waals surface area contributed by atoms with Crippen molar-refractivity contribution in [2.24, 2.45) is 0 Å². The van der Waals surface area contributed by atoms with Gasteiger partial charge < -0.3 is 15.0 Å². The van der Waals surface area contributed by atoms with Crippen LogP contribution in [0.25, 0.3) is 5.65 Å². The molecule has 3 rings (SSSR count). The van der Waals surface area contributed by atoms with Crippen molar-refractivity contribution in [3.63, 3.8) is 0 Å². The Morgan fingerprint density at radius 1 is 1.44 bits per heavy atom. The van der Waals surface area contributed by atoms with Gasteiger partial charge in [0.25, 0.3) is 5.56 Å². The molecule has 2 aromatic rings. The average molecular weight is 219 g/mol. The molecule has 1 saturated heterocycles. The second-order valence-corrected chi connectivity index (χ2v) is 3.89. The van der Waals surface area contributed by atoms with E-state index in [0.29, 0.717) is 6.61 Å². The first-order valence-corrected chi connectivity index (χ1v) is 5.37. The number of hydrogen-bond donors (Lipinski definition) is 2.